The summed E-state index contributed by atoms with van der Waals surface area (Å²) in [4.78, 5) is 25.2. The van der Waals surface area contributed by atoms with Gasteiger partial charge in [-0.3, -0.25) is 14.9 Å². The van der Waals surface area contributed by atoms with Gasteiger partial charge in [0.15, 0.2) is 0 Å². The molecule has 1 fully saturated rings. The second-order valence-corrected chi connectivity index (χ2v) is 5.84. The molecule has 1 amide bonds. The highest BCUT2D eigenvalue weighted by atomic mass is 16.6. The molecule has 126 valence electrons. The quantitative estimate of drug-likeness (QED) is 0.642. The number of hydrogen-bond donors (Lipinski definition) is 1. The normalized spacial score (nSPS) is 16.0. The average molecular weight is 321 g/mol. The molecule has 1 aromatic carbocycles. The van der Waals surface area contributed by atoms with E-state index in [0.717, 1.165) is 32.4 Å². The van der Waals surface area contributed by atoms with Crippen molar-refractivity contribution in [1.29, 1.82) is 0 Å². The van der Waals surface area contributed by atoms with Crippen molar-refractivity contribution in [2.75, 3.05) is 31.7 Å². The Morgan fingerprint density at radius 1 is 1.39 bits per heavy atom. The number of rotatable bonds is 6. The first-order chi connectivity index (χ1) is 11.0. The van der Waals surface area contributed by atoms with Crippen LogP contribution >= 0.6 is 0 Å². The van der Waals surface area contributed by atoms with E-state index in [2.05, 4.69) is 5.32 Å². The van der Waals surface area contributed by atoms with E-state index < -0.39 is 4.92 Å². The van der Waals surface area contributed by atoms with Gasteiger partial charge in [-0.15, -0.1) is 0 Å². The number of piperidine rings is 1. The molecule has 0 radical (unpaired) electrons. The van der Waals surface area contributed by atoms with Crippen molar-refractivity contribution in [2.45, 2.75) is 32.2 Å². The van der Waals surface area contributed by atoms with Gasteiger partial charge in [0.25, 0.3) is 11.6 Å². The van der Waals surface area contributed by atoms with Crippen molar-refractivity contribution < 1.29 is 14.5 Å². The van der Waals surface area contributed by atoms with Crippen LogP contribution in [0.25, 0.3) is 0 Å². The average Bonchev–Trinajstić information content (AvgIpc) is 2.55. The van der Waals surface area contributed by atoms with Gasteiger partial charge in [-0.25, -0.2) is 0 Å². The lowest BCUT2D eigenvalue weighted by molar-refractivity contribution is -0.384. The maximum Gasteiger partial charge on any atom is 0.293 e. The van der Waals surface area contributed by atoms with Crippen LogP contribution in [-0.2, 0) is 4.74 Å². The van der Waals surface area contributed by atoms with E-state index >= 15 is 0 Å². The molecule has 1 heterocycles. The van der Waals surface area contributed by atoms with Crippen molar-refractivity contribution in [2.24, 2.45) is 0 Å². The number of nitrogens with one attached hydrogen (secondary N) is 1. The van der Waals surface area contributed by atoms with Crippen LogP contribution in [0.5, 0.6) is 0 Å². The molecule has 2 rings (SSSR count). The maximum atomic E-state index is 12.2. The van der Waals surface area contributed by atoms with Crippen molar-refractivity contribution in [3.63, 3.8) is 0 Å². The van der Waals surface area contributed by atoms with Crippen LogP contribution in [0.1, 0.15) is 36.5 Å². The highest BCUT2D eigenvalue weighted by molar-refractivity contribution is 5.96. The largest absolute Gasteiger partial charge is 0.383 e. The molecule has 0 unspecified atom stereocenters. The molecule has 0 bridgehead atoms. The van der Waals surface area contributed by atoms with E-state index in [-0.39, 0.29) is 17.6 Å². The standard InChI is InChI=1S/C16H23N3O4/c1-12(11-23-2)17-16(20)13-6-7-14(15(10-13)19(21)22)18-8-4-3-5-9-18/h6-7,10,12H,3-5,8-9,11H2,1-2H3,(H,17,20)/t12-/m1/s1. The fraction of sp³-hybridized carbons (Fsp3) is 0.562. The van der Waals surface area contributed by atoms with Crippen molar-refractivity contribution >= 4 is 17.3 Å². The number of carbonyl (C=O) groups is 1. The van der Waals surface area contributed by atoms with Gasteiger partial charge < -0.3 is 15.0 Å². The van der Waals surface area contributed by atoms with E-state index in [1.165, 1.54) is 6.07 Å². The van der Waals surface area contributed by atoms with Gasteiger partial charge in [0.05, 0.1) is 11.5 Å². The number of anilines is 1. The molecule has 0 aromatic heterocycles. The monoisotopic (exact) mass is 321 g/mol. The first-order valence-electron chi connectivity index (χ1n) is 7.86. The third-order valence-electron chi connectivity index (χ3n) is 3.93. The minimum absolute atomic E-state index is 0.0149. The zero-order valence-electron chi connectivity index (χ0n) is 13.6. The van der Waals surface area contributed by atoms with E-state index in [0.29, 0.717) is 17.9 Å². The second kappa shape index (κ2) is 7.92. The van der Waals surface area contributed by atoms with Crippen LogP contribution < -0.4 is 10.2 Å². The summed E-state index contributed by atoms with van der Waals surface area (Å²) in [5, 5.41) is 14.2. The molecule has 1 saturated heterocycles. The fourth-order valence-electron chi connectivity index (χ4n) is 2.81. The summed E-state index contributed by atoms with van der Waals surface area (Å²) in [5.41, 5.74) is 0.871. The lowest BCUT2D eigenvalue weighted by atomic mass is 10.1. The van der Waals surface area contributed by atoms with Gasteiger partial charge in [0.2, 0.25) is 0 Å². The Bertz CT molecular complexity index is 570. The summed E-state index contributed by atoms with van der Waals surface area (Å²) < 4.78 is 4.97. The molecular weight excluding hydrogens is 298 g/mol. The summed E-state index contributed by atoms with van der Waals surface area (Å²) in [6, 6.07) is 4.53. The molecule has 23 heavy (non-hydrogen) atoms. The van der Waals surface area contributed by atoms with Crippen LogP contribution in [0, 0.1) is 10.1 Å². The minimum atomic E-state index is -0.417. The number of nitro benzene ring substituents is 1. The summed E-state index contributed by atoms with van der Waals surface area (Å²) in [7, 11) is 1.56. The van der Waals surface area contributed by atoms with Crippen LogP contribution in [0.2, 0.25) is 0 Å². The number of amides is 1. The van der Waals surface area contributed by atoms with Crippen molar-refractivity contribution in [3.8, 4) is 0 Å². The van der Waals surface area contributed by atoms with Crippen LogP contribution in [-0.4, -0.2) is 43.7 Å². The Morgan fingerprint density at radius 2 is 2.09 bits per heavy atom. The Morgan fingerprint density at radius 3 is 2.70 bits per heavy atom. The van der Waals surface area contributed by atoms with E-state index in [9.17, 15) is 14.9 Å². The summed E-state index contributed by atoms with van der Waals surface area (Å²) >= 11 is 0. The van der Waals surface area contributed by atoms with Gasteiger partial charge in [0, 0.05) is 37.9 Å². The number of hydrogen-bond acceptors (Lipinski definition) is 5. The predicted molar refractivity (Wildman–Crippen MR) is 88.0 cm³/mol. The summed E-state index contributed by atoms with van der Waals surface area (Å²) in [5.74, 6) is -0.331. The van der Waals surface area contributed by atoms with Crippen LogP contribution in [0.4, 0.5) is 11.4 Å². The maximum absolute atomic E-state index is 12.2. The number of benzene rings is 1. The predicted octanol–water partition coefficient (Wildman–Crippen LogP) is 2.35. The summed E-state index contributed by atoms with van der Waals surface area (Å²) in [6.45, 7) is 3.84. The molecule has 0 saturated carbocycles. The molecule has 1 N–H and O–H groups in total. The first kappa shape index (κ1) is 17.2. The van der Waals surface area contributed by atoms with E-state index in [1.807, 2.05) is 11.8 Å². The van der Waals surface area contributed by atoms with Gasteiger partial charge in [0.1, 0.15) is 5.69 Å². The highest BCUT2D eigenvalue weighted by Crippen LogP contribution is 2.31. The lowest BCUT2D eigenvalue weighted by Crippen LogP contribution is -2.35. The van der Waals surface area contributed by atoms with Crippen molar-refractivity contribution in [3.05, 3.63) is 33.9 Å². The topological polar surface area (TPSA) is 84.7 Å². The minimum Gasteiger partial charge on any atom is -0.383 e. The van der Waals surface area contributed by atoms with E-state index in [4.69, 9.17) is 4.74 Å². The molecule has 0 spiro atoms. The molecule has 7 heteroatoms. The zero-order valence-corrected chi connectivity index (χ0v) is 13.6. The van der Waals surface area contributed by atoms with Gasteiger partial charge >= 0.3 is 0 Å². The molecular formula is C16H23N3O4. The second-order valence-electron chi connectivity index (χ2n) is 5.84. The number of carbonyl (C=O) groups excluding carboxylic acids is 1. The molecule has 0 aliphatic carbocycles. The molecule has 1 aliphatic heterocycles. The van der Waals surface area contributed by atoms with E-state index in [1.54, 1.807) is 19.2 Å². The van der Waals surface area contributed by atoms with Gasteiger partial charge in [-0.05, 0) is 38.3 Å². The third-order valence-corrected chi connectivity index (χ3v) is 3.93. The van der Waals surface area contributed by atoms with Crippen LogP contribution in [0.3, 0.4) is 0 Å². The zero-order chi connectivity index (χ0) is 16.8. The first-order valence-corrected chi connectivity index (χ1v) is 7.86. The fourth-order valence-corrected chi connectivity index (χ4v) is 2.81. The third kappa shape index (κ3) is 4.41. The number of nitrogens with zero attached hydrogens (tertiary/aromatic N) is 2. The Labute approximate surface area is 135 Å². The van der Waals surface area contributed by atoms with Gasteiger partial charge in [-0.2, -0.15) is 0 Å². The molecule has 1 aromatic rings. The Hall–Kier alpha value is -2.15. The highest BCUT2D eigenvalue weighted by Gasteiger charge is 2.23. The molecule has 1 atom stereocenters. The smallest absolute Gasteiger partial charge is 0.293 e. The van der Waals surface area contributed by atoms with Gasteiger partial charge in [-0.1, -0.05) is 0 Å². The molecule has 1 aliphatic rings. The van der Waals surface area contributed by atoms with Crippen LogP contribution in [0.15, 0.2) is 18.2 Å². The van der Waals surface area contributed by atoms with Crippen molar-refractivity contribution in [1.82, 2.24) is 5.32 Å². The Balaban J connectivity index is 2.21. The number of methoxy groups -OCH3 is 1. The Kier molecular flexibility index (Phi) is 5.92. The lowest BCUT2D eigenvalue weighted by Gasteiger charge is -2.28. The number of nitro groups is 1. The summed E-state index contributed by atoms with van der Waals surface area (Å²) in [6.07, 6.45) is 3.23. The number of ether oxygens (including phenoxy) is 1. The molecule has 7 nitrogen and oxygen atoms in total. The SMILES string of the molecule is COC[C@@H](C)NC(=O)c1ccc(N2CCCCC2)c([N+](=O)[O-])c1.